The molecule has 0 saturated heterocycles. The number of aliphatic hydroxyl groups is 1. The SMILES string of the molecule is CCCCCCCCC(CO)c1ccc(Cl)cc1Cl.CS(=O)(=O)O. The highest BCUT2D eigenvalue weighted by molar-refractivity contribution is 7.85. The largest absolute Gasteiger partial charge is 0.396 e. The Balaban J connectivity index is 0.000000922. The molecule has 0 radical (unpaired) electrons. The monoisotopic (exact) mass is 398 g/mol. The zero-order valence-corrected chi connectivity index (χ0v) is 16.7. The molecule has 1 rings (SSSR count). The van der Waals surface area contributed by atoms with Crippen LogP contribution in [-0.2, 0) is 10.1 Å². The van der Waals surface area contributed by atoms with Gasteiger partial charge in [-0.15, -0.1) is 0 Å². The molecule has 1 unspecified atom stereocenters. The second kappa shape index (κ2) is 13.0. The first-order valence-electron chi connectivity index (χ1n) is 8.17. The third kappa shape index (κ3) is 13.0. The highest BCUT2D eigenvalue weighted by Crippen LogP contribution is 2.30. The van der Waals surface area contributed by atoms with Crippen LogP contribution in [0.1, 0.15) is 63.4 Å². The van der Waals surface area contributed by atoms with Crippen LogP contribution in [0.4, 0.5) is 0 Å². The van der Waals surface area contributed by atoms with Gasteiger partial charge in [0.25, 0.3) is 10.1 Å². The number of hydrogen-bond acceptors (Lipinski definition) is 3. The summed E-state index contributed by atoms with van der Waals surface area (Å²) >= 11 is 12.1. The number of hydrogen-bond donors (Lipinski definition) is 2. The van der Waals surface area contributed by atoms with Gasteiger partial charge in [-0.3, -0.25) is 4.55 Å². The minimum atomic E-state index is -3.67. The Hall–Kier alpha value is -0.330. The quantitative estimate of drug-likeness (QED) is 0.435. The highest BCUT2D eigenvalue weighted by atomic mass is 35.5. The van der Waals surface area contributed by atoms with E-state index in [0.29, 0.717) is 16.3 Å². The molecular weight excluding hydrogens is 371 g/mol. The van der Waals surface area contributed by atoms with Crippen LogP contribution < -0.4 is 0 Å². The number of halogens is 2. The molecule has 0 saturated carbocycles. The van der Waals surface area contributed by atoms with Gasteiger partial charge in [-0.1, -0.05) is 74.7 Å². The molecule has 1 aromatic rings. The molecular formula is C17H28Cl2O4S. The fraction of sp³-hybridized carbons (Fsp3) is 0.647. The average molecular weight is 399 g/mol. The molecule has 1 atom stereocenters. The second-order valence-electron chi connectivity index (χ2n) is 5.83. The lowest BCUT2D eigenvalue weighted by molar-refractivity contribution is 0.256. The van der Waals surface area contributed by atoms with Gasteiger partial charge in [0.2, 0.25) is 0 Å². The summed E-state index contributed by atoms with van der Waals surface area (Å²) < 4.78 is 25.9. The molecule has 140 valence electrons. The maximum atomic E-state index is 9.52. The van der Waals surface area contributed by atoms with Gasteiger partial charge in [0, 0.05) is 22.6 Å². The molecule has 0 aliphatic carbocycles. The van der Waals surface area contributed by atoms with Crippen LogP contribution >= 0.6 is 23.2 Å². The molecule has 0 fully saturated rings. The molecule has 4 nitrogen and oxygen atoms in total. The van der Waals surface area contributed by atoms with Gasteiger partial charge in [0.1, 0.15) is 0 Å². The van der Waals surface area contributed by atoms with E-state index in [4.69, 9.17) is 27.8 Å². The first-order valence-corrected chi connectivity index (χ1v) is 10.8. The van der Waals surface area contributed by atoms with E-state index in [1.807, 2.05) is 12.1 Å². The Morgan fingerprint density at radius 1 is 1.08 bits per heavy atom. The van der Waals surface area contributed by atoms with E-state index in [-0.39, 0.29) is 12.5 Å². The van der Waals surface area contributed by atoms with Crippen molar-refractivity contribution < 1.29 is 18.1 Å². The van der Waals surface area contributed by atoms with Crippen molar-refractivity contribution in [3.05, 3.63) is 33.8 Å². The van der Waals surface area contributed by atoms with E-state index in [9.17, 15) is 13.5 Å². The molecule has 0 aromatic heterocycles. The van der Waals surface area contributed by atoms with Crippen LogP contribution in [0, 0.1) is 0 Å². The van der Waals surface area contributed by atoms with E-state index in [2.05, 4.69) is 6.92 Å². The summed E-state index contributed by atoms with van der Waals surface area (Å²) in [7, 11) is -3.67. The summed E-state index contributed by atoms with van der Waals surface area (Å²) in [5.74, 6) is 0.135. The molecule has 24 heavy (non-hydrogen) atoms. The van der Waals surface area contributed by atoms with Crippen molar-refractivity contribution in [3.8, 4) is 0 Å². The van der Waals surface area contributed by atoms with Crippen molar-refractivity contribution in [2.24, 2.45) is 0 Å². The van der Waals surface area contributed by atoms with Gasteiger partial charge in [-0.2, -0.15) is 8.42 Å². The van der Waals surface area contributed by atoms with Crippen LogP contribution in [0.5, 0.6) is 0 Å². The van der Waals surface area contributed by atoms with E-state index >= 15 is 0 Å². The Kier molecular flexibility index (Phi) is 12.8. The fourth-order valence-electron chi connectivity index (χ4n) is 2.35. The topological polar surface area (TPSA) is 74.6 Å². The highest BCUT2D eigenvalue weighted by Gasteiger charge is 2.13. The minimum Gasteiger partial charge on any atom is -0.396 e. The Labute approximate surface area is 155 Å². The number of unbranched alkanes of at least 4 members (excludes halogenated alkanes) is 5. The number of rotatable bonds is 9. The van der Waals surface area contributed by atoms with Crippen LogP contribution in [0.2, 0.25) is 10.0 Å². The van der Waals surface area contributed by atoms with Crippen LogP contribution in [0.3, 0.4) is 0 Å². The lowest BCUT2D eigenvalue weighted by Gasteiger charge is -2.16. The number of aliphatic hydroxyl groups excluding tert-OH is 1. The smallest absolute Gasteiger partial charge is 0.261 e. The van der Waals surface area contributed by atoms with Crippen molar-refractivity contribution in [1.29, 1.82) is 0 Å². The molecule has 0 spiro atoms. The maximum Gasteiger partial charge on any atom is 0.261 e. The Bertz CT molecular complexity index is 554. The molecule has 2 N–H and O–H groups in total. The number of benzene rings is 1. The van der Waals surface area contributed by atoms with Crippen LogP contribution in [0.25, 0.3) is 0 Å². The van der Waals surface area contributed by atoms with E-state index in [1.54, 1.807) is 6.07 Å². The predicted octanol–water partition coefficient (Wildman–Crippen LogP) is 5.32. The predicted molar refractivity (Wildman–Crippen MR) is 102 cm³/mol. The minimum absolute atomic E-state index is 0.135. The molecule has 0 aliphatic heterocycles. The van der Waals surface area contributed by atoms with Gasteiger partial charge in [0.05, 0.1) is 6.26 Å². The molecule has 0 amide bonds. The van der Waals surface area contributed by atoms with Crippen molar-refractivity contribution in [3.63, 3.8) is 0 Å². The lowest BCUT2D eigenvalue weighted by Crippen LogP contribution is -2.05. The first-order chi connectivity index (χ1) is 11.2. The summed E-state index contributed by atoms with van der Waals surface area (Å²) in [6.45, 7) is 2.38. The van der Waals surface area contributed by atoms with Crippen molar-refractivity contribution >= 4 is 33.3 Å². The second-order valence-corrected chi connectivity index (χ2v) is 8.14. The normalized spacial score (nSPS) is 12.4. The summed E-state index contributed by atoms with van der Waals surface area (Å²) in [5, 5.41) is 10.8. The zero-order valence-electron chi connectivity index (χ0n) is 14.3. The molecule has 1 aromatic carbocycles. The third-order valence-corrected chi connectivity index (χ3v) is 4.09. The molecule has 0 heterocycles. The molecule has 0 aliphatic rings. The summed E-state index contributed by atoms with van der Waals surface area (Å²) in [6.07, 6.45) is 9.31. The van der Waals surface area contributed by atoms with Crippen molar-refractivity contribution in [2.45, 2.75) is 57.8 Å². The van der Waals surface area contributed by atoms with Gasteiger partial charge in [-0.05, 0) is 24.1 Å². The van der Waals surface area contributed by atoms with Crippen LogP contribution in [-0.4, -0.2) is 30.9 Å². The molecule has 0 bridgehead atoms. The fourth-order valence-corrected chi connectivity index (χ4v) is 2.91. The average Bonchev–Trinajstić information content (AvgIpc) is 2.46. The van der Waals surface area contributed by atoms with Crippen molar-refractivity contribution in [1.82, 2.24) is 0 Å². The zero-order chi connectivity index (χ0) is 18.6. The van der Waals surface area contributed by atoms with E-state index in [1.165, 1.54) is 32.1 Å². The van der Waals surface area contributed by atoms with Gasteiger partial charge in [-0.25, -0.2) is 0 Å². The Morgan fingerprint density at radius 2 is 1.62 bits per heavy atom. The summed E-state index contributed by atoms with van der Waals surface area (Å²) in [5.41, 5.74) is 1.02. The third-order valence-electron chi connectivity index (χ3n) is 3.53. The van der Waals surface area contributed by atoms with Gasteiger partial charge >= 0.3 is 0 Å². The van der Waals surface area contributed by atoms with Crippen molar-refractivity contribution in [2.75, 3.05) is 12.9 Å². The Morgan fingerprint density at radius 3 is 2.12 bits per heavy atom. The maximum absolute atomic E-state index is 9.52. The lowest BCUT2D eigenvalue weighted by atomic mass is 9.93. The summed E-state index contributed by atoms with van der Waals surface area (Å²) in [4.78, 5) is 0. The summed E-state index contributed by atoms with van der Waals surface area (Å²) in [6, 6.07) is 5.53. The van der Waals surface area contributed by atoms with E-state index in [0.717, 1.165) is 18.4 Å². The molecule has 7 heteroatoms. The van der Waals surface area contributed by atoms with Gasteiger partial charge < -0.3 is 5.11 Å². The standard InChI is InChI=1S/C16H24Cl2O.CH4O3S/c1-2-3-4-5-6-7-8-13(12-19)15-10-9-14(17)11-16(15)18;1-5(2,3)4/h9-11,13,19H,2-8,12H2,1H3;1H3,(H,2,3,4). The van der Waals surface area contributed by atoms with E-state index < -0.39 is 10.1 Å². The van der Waals surface area contributed by atoms with Crippen LogP contribution in [0.15, 0.2) is 18.2 Å². The van der Waals surface area contributed by atoms with Gasteiger partial charge in [0.15, 0.2) is 0 Å². The first kappa shape index (κ1) is 23.7.